The van der Waals surface area contributed by atoms with Crippen molar-refractivity contribution in [3.05, 3.63) is 12.2 Å². The molecule has 1 rings (SSSR count). The Kier molecular flexibility index (Phi) is 7.91. The van der Waals surface area contributed by atoms with Crippen molar-refractivity contribution in [1.82, 2.24) is 0 Å². The highest BCUT2D eigenvalue weighted by Gasteiger charge is 2.65. The summed E-state index contributed by atoms with van der Waals surface area (Å²) in [7, 11) is -6.40. The van der Waals surface area contributed by atoms with Crippen molar-refractivity contribution in [2.24, 2.45) is 0 Å². The predicted molar refractivity (Wildman–Crippen MR) is 82.1 cm³/mol. The summed E-state index contributed by atoms with van der Waals surface area (Å²) in [5.74, 6) is -10.0. The number of hydrogen-bond acceptors (Lipinski definition) is 7. The van der Waals surface area contributed by atoms with Crippen LogP contribution in [0.2, 0.25) is 0 Å². The molecule has 2 unspecified atom stereocenters. The Bertz CT molecular complexity index is 752. The van der Waals surface area contributed by atoms with E-state index in [1.54, 1.807) is 0 Å². The molecule has 30 heavy (non-hydrogen) atoms. The average Bonchev–Trinajstić information content (AvgIpc) is 2.56. The fourth-order valence-corrected chi connectivity index (χ4v) is 2.63. The Morgan fingerprint density at radius 2 is 1.77 bits per heavy atom. The van der Waals surface area contributed by atoms with Gasteiger partial charge in [-0.15, -0.1) is 0 Å². The lowest BCUT2D eigenvalue weighted by Crippen LogP contribution is -2.53. The van der Waals surface area contributed by atoms with Crippen LogP contribution in [0.3, 0.4) is 0 Å². The standard InChI is InChI=1S/C14H17F7O8S/c1-8(7-27-5-3-11(15,16)14(20,21)30(24,25)26)10(22)29-9-2-4-28-12(23,6-9)13(17,18)19/h9,23H,1-7H2,(H,24,25,26). The van der Waals surface area contributed by atoms with Crippen molar-refractivity contribution in [2.75, 3.05) is 19.8 Å². The topological polar surface area (TPSA) is 119 Å². The molecule has 16 heteroatoms. The number of carbonyl (C=O) groups is 1. The number of halogens is 7. The first-order valence-electron chi connectivity index (χ1n) is 7.96. The molecule has 0 saturated carbocycles. The molecule has 0 bridgehead atoms. The molecule has 0 aromatic rings. The van der Waals surface area contributed by atoms with Gasteiger partial charge in [0.1, 0.15) is 6.10 Å². The molecular formula is C14H17F7O8S. The summed E-state index contributed by atoms with van der Waals surface area (Å²) in [5, 5.41) is 3.64. The molecule has 1 fully saturated rings. The molecule has 0 radical (unpaired) electrons. The Balaban J connectivity index is 2.52. The van der Waals surface area contributed by atoms with Gasteiger partial charge in [-0.05, 0) is 0 Å². The minimum atomic E-state index is -6.40. The van der Waals surface area contributed by atoms with Crippen LogP contribution >= 0.6 is 0 Å². The van der Waals surface area contributed by atoms with Crippen LogP contribution in [-0.4, -0.2) is 73.1 Å². The third-order valence-electron chi connectivity index (χ3n) is 3.88. The molecule has 8 nitrogen and oxygen atoms in total. The summed E-state index contributed by atoms with van der Waals surface area (Å²) in [6.45, 7) is 0.490. The molecule has 0 aliphatic carbocycles. The quantitative estimate of drug-likeness (QED) is 0.170. The van der Waals surface area contributed by atoms with E-state index in [2.05, 4.69) is 16.1 Å². The van der Waals surface area contributed by atoms with Crippen molar-refractivity contribution < 1.29 is 67.8 Å². The van der Waals surface area contributed by atoms with E-state index < -0.39 is 83.6 Å². The van der Waals surface area contributed by atoms with E-state index in [4.69, 9.17) is 9.29 Å². The van der Waals surface area contributed by atoms with Crippen LogP contribution in [0.5, 0.6) is 0 Å². The van der Waals surface area contributed by atoms with Crippen molar-refractivity contribution in [3.8, 4) is 0 Å². The van der Waals surface area contributed by atoms with Gasteiger partial charge in [-0.3, -0.25) is 4.55 Å². The van der Waals surface area contributed by atoms with Gasteiger partial charge in [0.25, 0.3) is 5.79 Å². The van der Waals surface area contributed by atoms with Gasteiger partial charge < -0.3 is 19.3 Å². The summed E-state index contributed by atoms with van der Waals surface area (Å²) in [6.07, 6.45) is -9.77. The number of alkyl halides is 7. The van der Waals surface area contributed by atoms with Gasteiger partial charge in [-0.25, -0.2) is 4.79 Å². The lowest BCUT2D eigenvalue weighted by atomic mass is 10.0. The van der Waals surface area contributed by atoms with E-state index in [9.17, 15) is 49.1 Å². The van der Waals surface area contributed by atoms with E-state index in [0.717, 1.165) is 0 Å². The summed E-state index contributed by atoms with van der Waals surface area (Å²) in [5.41, 5.74) is -0.582. The Hall–Kier alpha value is -1.49. The van der Waals surface area contributed by atoms with Crippen LogP contribution in [-0.2, 0) is 29.1 Å². The lowest BCUT2D eigenvalue weighted by molar-refractivity contribution is -0.383. The van der Waals surface area contributed by atoms with E-state index in [1.807, 2.05) is 0 Å². The summed E-state index contributed by atoms with van der Waals surface area (Å²) in [6, 6.07) is 0. The van der Waals surface area contributed by atoms with Crippen LogP contribution < -0.4 is 0 Å². The molecule has 1 aliphatic rings. The lowest BCUT2D eigenvalue weighted by Gasteiger charge is -2.37. The Morgan fingerprint density at radius 1 is 1.20 bits per heavy atom. The smallest absolute Gasteiger partial charge is 0.443 e. The summed E-state index contributed by atoms with van der Waals surface area (Å²) < 4.78 is 133. The summed E-state index contributed by atoms with van der Waals surface area (Å²) in [4.78, 5) is 11.8. The number of aliphatic hydroxyl groups is 1. The number of hydrogen-bond donors (Lipinski definition) is 2. The maximum absolute atomic E-state index is 13.2. The molecule has 1 aliphatic heterocycles. The second-order valence-electron chi connectivity index (χ2n) is 6.25. The molecule has 0 aromatic carbocycles. The second kappa shape index (κ2) is 8.94. The maximum Gasteiger partial charge on any atom is 0.443 e. The molecule has 176 valence electrons. The van der Waals surface area contributed by atoms with Crippen LogP contribution in [0.1, 0.15) is 19.3 Å². The van der Waals surface area contributed by atoms with Crippen LogP contribution in [0.4, 0.5) is 30.7 Å². The van der Waals surface area contributed by atoms with Crippen molar-refractivity contribution >= 4 is 16.1 Å². The molecule has 0 amide bonds. The fraction of sp³-hybridized carbons (Fsp3) is 0.786. The number of rotatable bonds is 9. The Morgan fingerprint density at radius 3 is 2.27 bits per heavy atom. The summed E-state index contributed by atoms with van der Waals surface area (Å²) >= 11 is 0. The van der Waals surface area contributed by atoms with Crippen molar-refractivity contribution in [2.45, 2.75) is 48.5 Å². The first kappa shape index (κ1) is 26.5. The zero-order valence-electron chi connectivity index (χ0n) is 14.9. The minimum absolute atomic E-state index is 0.199. The van der Waals surface area contributed by atoms with E-state index in [-0.39, 0.29) is 6.42 Å². The predicted octanol–water partition coefficient (Wildman–Crippen LogP) is 2.04. The first-order valence-corrected chi connectivity index (χ1v) is 9.40. The van der Waals surface area contributed by atoms with Crippen LogP contribution in [0, 0.1) is 0 Å². The van der Waals surface area contributed by atoms with Gasteiger partial charge in [0.15, 0.2) is 0 Å². The van der Waals surface area contributed by atoms with E-state index in [0.29, 0.717) is 0 Å². The van der Waals surface area contributed by atoms with Crippen LogP contribution in [0.25, 0.3) is 0 Å². The third kappa shape index (κ3) is 6.03. The molecule has 1 saturated heterocycles. The highest BCUT2D eigenvalue weighted by Crippen LogP contribution is 2.41. The SMILES string of the molecule is C=C(COCCC(F)(F)C(F)(F)S(=O)(=O)O)C(=O)OC1CCOC(O)(C(F)(F)F)C1. The fourth-order valence-electron chi connectivity index (χ4n) is 2.15. The number of esters is 1. The first-order chi connectivity index (χ1) is 13.3. The van der Waals surface area contributed by atoms with Gasteiger partial charge in [-0.2, -0.15) is 39.2 Å². The number of ether oxygens (including phenoxy) is 3. The van der Waals surface area contributed by atoms with Gasteiger partial charge >= 0.3 is 33.4 Å². The molecule has 0 aromatic heterocycles. The van der Waals surface area contributed by atoms with E-state index >= 15 is 0 Å². The van der Waals surface area contributed by atoms with Crippen LogP contribution in [0.15, 0.2) is 12.2 Å². The molecule has 2 atom stereocenters. The highest BCUT2D eigenvalue weighted by molar-refractivity contribution is 7.87. The monoisotopic (exact) mass is 478 g/mol. The number of carbonyl (C=O) groups excluding carboxylic acids is 1. The zero-order valence-corrected chi connectivity index (χ0v) is 15.7. The largest absolute Gasteiger partial charge is 0.459 e. The maximum atomic E-state index is 13.2. The normalized spacial score (nSPS) is 23.8. The third-order valence-corrected chi connectivity index (χ3v) is 4.82. The zero-order chi connectivity index (χ0) is 23.6. The Labute approximate surface area is 165 Å². The molecule has 2 N–H and O–H groups in total. The second-order valence-corrected chi connectivity index (χ2v) is 7.72. The van der Waals surface area contributed by atoms with Gasteiger partial charge in [0, 0.05) is 19.3 Å². The molecular weight excluding hydrogens is 461 g/mol. The van der Waals surface area contributed by atoms with E-state index in [1.165, 1.54) is 0 Å². The average molecular weight is 478 g/mol. The van der Waals surface area contributed by atoms with Gasteiger partial charge in [0.05, 0.1) is 25.4 Å². The van der Waals surface area contributed by atoms with Crippen molar-refractivity contribution in [3.63, 3.8) is 0 Å². The minimum Gasteiger partial charge on any atom is -0.459 e. The molecule has 1 heterocycles. The molecule has 0 spiro atoms. The van der Waals surface area contributed by atoms with Gasteiger partial charge in [-0.1, -0.05) is 6.58 Å². The highest BCUT2D eigenvalue weighted by atomic mass is 32.2. The van der Waals surface area contributed by atoms with Gasteiger partial charge in [0.2, 0.25) is 0 Å². The van der Waals surface area contributed by atoms with Crippen molar-refractivity contribution in [1.29, 1.82) is 0 Å².